The van der Waals surface area contributed by atoms with Gasteiger partial charge < -0.3 is 20.4 Å². The number of hydrogen-bond acceptors (Lipinski definition) is 4. The summed E-state index contributed by atoms with van der Waals surface area (Å²) in [4.78, 5) is 2.44. The monoisotopic (exact) mass is 457 g/mol. The summed E-state index contributed by atoms with van der Waals surface area (Å²) in [7, 11) is 2.21. The van der Waals surface area contributed by atoms with Gasteiger partial charge in [-0.25, -0.2) is 4.39 Å². The van der Waals surface area contributed by atoms with Crippen molar-refractivity contribution in [2.45, 2.75) is 37.9 Å². The standard InChI is InChI=1S/C29H32FN3O/c1-20-12-28(32-25-10-8-24(30)9-11-25)22(16-31)13-27(20)29-15-26(14-23(29)17-33(2)19-29)34-18-21-6-4-3-5-7-21/h3-13,16,23,26,31-32H,14-15,17-19H2,1-2H3. The first-order valence-electron chi connectivity index (χ1n) is 12.0. The van der Waals surface area contributed by atoms with Crippen LogP contribution in [0.1, 0.15) is 35.1 Å². The Hall–Kier alpha value is -3.02. The minimum Gasteiger partial charge on any atom is -0.373 e. The Labute approximate surface area is 201 Å². The molecule has 0 amide bonds. The second-order valence-electron chi connectivity index (χ2n) is 9.94. The lowest BCUT2D eigenvalue weighted by molar-refractivity contribution is 0.0368. The Balaban J connectivity index is 1.42. The van der Waals surface area contributed by atoms with E-state index >= 15 is 0 Å². The van der Waals surface area contributed by atoms with Crippen molar-refractivity contribution in [1.29, 1.82) is 5.41 Å². The zero-order chi connectivity index (χ0) is 23.7. The van der Waals surface area contributed by atoms with Crippen LogP contribution in [0.5, 0.6) is 0 Å². The molecule has 0 aromatic heterocycles. The number of benzene rings is 3. The maximum absolute atomic E-state index is 13.3. The number of halogens is 1. The van der Waals surface area contributed by atoms with Gasteiger partial charge in [0, 0.05) is 41.7 Å². The fourth-order valence-electron chi connectivity index (χ4n) is 6.07. The van der Waals surface area contributed by atoms with Gasteiger partial charge in [-0.05, 0) is 85.8 Å². The van der Waals surface area contributed by atoms with Crippen LogP contribution in [0.3, 0.4) is 0 Å². The summed E-state index contributed by atoms with van der Waals surface area (Å²) < 4.78 is 19.7. The molecule has 1 saturated heterocycles. The topological polar surface area (TPSA) is 48.4 Å². The number of likely N-dealkylation sites (N-methyl/N-ethyl adjacent to an activating group) is 1. The molecule has 0 radical (unpaired) electrons. The van der Waals surface area contributed by atoms with Crippen molar-refractivity contribution >= 4 is 17.6 Å². The molecule has 5 rings (SSSR count). The predicted octanol–water partition coefficient (Wildman–Crippen LogP) is 6.05. The van der Waals surface area contributed by atoms with Gasteiger partial charge in [0.15, 0.2) is 0 Å². The van der Waals surface area contributed by atoms with E-state index in [0.29, 0.717) is 12.5 Å². The van der Waals surface area contributed by atoms with Crippen LogP contribution < -0.4 is 5.32 Å². The number of anilines is 2. The van der Waals surface area contributed by atoms with Gasteiger partial charge in [0.2, 0.25) is 0 Å². The summed E-state index contributed by atoms with van der Waals surface area (Å²) in [6, 6.07) is 21.0. The Morgan fingerprint density at radius 3 is 2.65 bits per heavy atom. The highest BCUT2D eigenvalue weighted by atomic mass is 19.1. The first-order valence-corrected chi connectivity index (χ1v) is 12.0. The Morgan fingerprint density at radius 2 is 1.91 bits per heavy atom. The first-order chi connectivity index (χ1) is 16.5. The number of nitrogens with one attached hydrogen (secondary N) is 2. The number of aryl methyl sites for hydroxylation is 1. The molecule has 3 atom stereocenters. The lowest BCUT2D eigenvalue weighted by Crippen LogP contribution is -2.33. The summed E-state index contributed by atoms with van der Waals surface area (Å²) in [5.74, 6) is 0.275. The molecule has 3 unspecified atom stereocenters. The molecule has 1 saturated carbocycles. The first kappa shape index (κ1) is 22.8. The van der Waals surface area contributed by atoms with Gasteiger partial charge in [0.05, 0.1) is 12.7 Å². The molecule has 2 fully saturated rings. The lowest BCUT2D eigenvalue weighted by Gasteiger charge is -2.32. The minimum absolute atomic E-state index is 0.0341. The summed E-state index contributed by atoms with van der Waals surface area (Å²) in [5, 5.41) is 11.5. The van der Waals surface area contributed by atoms with Crippen LogP contribution in [0.4, 0.5) is 15.8 Å². The van der Waals surface area contributed by atoms with Gasteiger partial charge >= 0.3 is 0 Å². The van der Waals surface area contributed by atoms with E-state index in [1.54, 1.807) is 12.1 Å². The van der Waals surface area contributed by atoms with Gasteiger partial charge in [-0.3, -0.25) is 0 Å². The van der Waals surface area contributed by atoms with Crippen molar-refractivity contribution in [1.82, 2.24) is 4.90 Å². The van der Waals surface area contributed by atoms with Gasteiger partial charge in [-0.1, -0.05) is 30.3 Å². The van der Waals surface area contributed by atoms with E-state index in [1.807, 2.05) is 6.07 Å². The molecule has 2 aliphatic rings. The molecule has 5 heteroatoms. The van der Waals surface area contributed by atoms with Crippen molar-refractivity contribution in [2.24, 2.45) is 5.92 Å². The highest BCUT2D eigenvalue weighted by Crippen LogP contribution is 2.52. The molecule has 1 aliphatic carbocycles. The minimum atomic E-state index is -0.259. The number of hydrogen-bond donors (Lipinski definition) is 2. The van der Waals surface area contributed by atoms with E-state index in [0.717, 1.165) is 42.9 Å². The van der Waals surface area contributed by atoms with E-state index in [9.17, 15) is 4.39 Å². The molecule has 34 heavy (non-hydrogen) atoms. The van der Waals surface area contributed by atoms with Gasteiger partial charge in [0.1, 0.15) is 5.82 Å². The SMILES string of the molecule is Cc1cc(Nc2ccc(F)cc2)c(C=N)cc1C12CC(OCc3ccccc3)CC1CN(C)C2. The third-order valence-electron chi connectivity index (χ3n) is 7.55. The number of likely N-dealkylation sites (tertiary alicyclic amines) is 1. The molecule has 176 valence electrons. The maximum atomic E-state index is 13.3. The molecule has 3 aromatic carbocycles. The van der Waals surface area contributed by atoms with Crippen LogP contribution in [-0.2, 0) is 16.8 Å². The van der Waals surface area contributed by atoms with Crippen LogP contribution in [0, 0.1) is 24.1 Å². The normalized spacial score (nSPS) is 24.2. The molecule has 3 aromatic rings. The van der Waals surface area contributed by atoms with Crippen LogP contribution in [0.25, 0.3) is 0 Å². The van der Waals surface area contributed by atoms with Gasteiger partial charge in [0.25, 0.3) is 0 Å². The van der Waals surface area contributed by atoms with Crippen LogP contribution in [0.2, 0.25) is 0 Å². The van der Waals surface area contributed by atoms with Crippen molar-refractivity contribution in [3.63, 3.8) is 0 Å². The summed E-state index contributed by atoms with van der Waals surface area (Å²) in [6.45, 7) is 4.89. The number of rotatable bonds is 7. The van der Waals surface area contributed by atoms with E-state index in [2.05, 4.69) is 60.6 Å². The smallest absolute Gasteiger partial charge is 0.123 e. The second kappa shape index (κ2) is 9.32. The van der Waals surface area contributed by atoms with Crippen molar-refractivity contribution in [2.75, 3.05) is 25.5 Å². The second-order valence-corrected chi connectivity index (χ2v) is 9.94. The fourth-order valence-corrected chi connectivity index (χ4v) is 6.07. The van der Waals surface area contributed by atoms with Crippen molar-refractivity contribution in [3.05, 3.63) is 94.8 Å². The van der Waals surface area contributed by atoms with Crippen LogP contribution >= 0.6 is 0 Å². The van der Waals surface area contributed by atoms with Crippen molar-refractivity contribution < 1.29 is 9.13 Å². The van der Waals surface area contributed by atoms with E-state index in [-0.39, 0.29) is 17.3 Å². The third kappa shape index (κ3) is 4.38. The average molecular weight is 458 g/mol. The fraction of sp³-hybridized carbons (Fsp3) is 0.345. The summed E-state index contributed by atoms with van der Waals surface area (Å²) >= 11 is 0. The number of nitrogens with zero attached hydrogens (tertiary/aromatic N) is 1. The van der Waals surface area contributed by atoms with E-state index in [1.165, 1.54) is 35.0 Å². The van der Waals surface area contributed by atoms with E-state index < -0.39 is 0 Å². The van der Waals surface area contributed by atoms with Gasteiger partial charge in [-0.2, -0.15) is 0 Å². The van der Waals surface area contributed by atoms with Crippen LogP contribution in [0.15, 0.2) is 66.7 Å². The number of ether oxygens (including phenoxy) is 1. The zero-order valence-corrected chi connectivity index (χ0v) is 19.9. The van der Waals surface area contributed by atoms with Crippen molar-refractivity contribution in [3.8, 4) is 0 Å². The summed E-state index contributed by atoms with van der Waals surface area (Å²) in [5.41, 5.74) is 6.33. The lowest BCUT2D eigenvalue weighted by atomic mass is 9.72. The largest absolute Gasteiger partial charge is 0.373 e. The van der Waals surface area contributed by atoms with Gasteiger partial charge in [-0.15, -0.1) is 0 Å². The zero-order valence-electron chi connectivity index (χ0n) is 19.9. The highest BCUT2D eigenvalue weighted by molar-refractivity contribution is 5.88. The Morgan fingerprint density at radius 1 is 1.15 bits per heavy atom. The Bertz CT molecular complexity index is 1160. The quantitative estimate of drug-likeness (QED) is 0.424. The van der Waals surface area contributed by atoms with Crippen LogP contribution in [-0.4, -0.2) is 37.4 Å². The molecule has 1 aliphatic heterocycles. The predicted molar refractivity (Wildman–Crippen MR) is 136 cm³/mol. The number of fused-ring (bicyclic) bond motifs is 1. The molecular weight excluding hydrogens is 425 g/mol. The Kier molecular flexibility index (Phi) is 6.24. The molecule has 0 bridgehead atoms. The average Bonchev–Trinajstić information content (AvgIpc) is 3.32. The van der Waals surface area contributed by atoms with E-state index in [4.69, 9.17) is 10.1 Å². The molecular formula is C29H32FN3O. The summed E-state index contributed by atoms with van der Waals surface area (Å²) in [6.07, 6.45) is 3.71. The maximum Gasteiger partial charge on any atom is 0.123 e. The molecule has 0 spiro atoms. The molecule has 2 N–H and O–H groups in total. The third-order valence-corrected chi connectivity index (χ3v) is 7.55. The molecule has 1 heterocycles. The highest BCUT2D eigenvalue weighted by Gasteiger charge is 2.54. The molecule has 4 nitrogen and oxygen atoms in total.